The maximum atomic E-state index is 6.13. The lowest BCUT2D eigenvalue weighted by atomic mass is 9.94. The highest BCUT2D eigenvalue weighted by atomic mass is 16.5. The molecule has 9 nitrogen and oxygen atoms in total. The number of piperidine rings is 1. The second kappa shape index (κ2) is 10.8. The van der Waals surface area contributed by atoms with Crippen LogP contribution in [0.3, 0.4) is 0 Å². The molecule has 1 aromatic carbocycles. The third kappa shape index (κ3) is 5.43. The minimum Gasteiger partial charge on any atom is -0.497 e. The molecule has 2 saturated heterocycles. The van der Waals surface area contributed by atoms with Crippen molar-refractivity contribution in [2.75, 3.05) is 51.4 Å². The van der Waals surface area contributed by atoms with Gasteiger partial charge in [-0.25, -0.2) is 15.0 Å². The molecule has 0 aliphatic carbocycles. The van der Waals surface area contributed by atoms with Crippen molar-refractivity contribution >= 4 is 5.95 Å². The quantitative estimate of drug-likeness (QED) is 0.525. The Labute approximate surface area is 199 Å². The molecule has 0 unspecified atom stereocenters. The molecule has 0 N–H and O–H groups in total. The van der Waals surface area contributed by atoms with Crippen LogP contribution in [0.15, 0.2) is 48.9 Å². The number of hydrogen-bond donors (Lipinski definition) is 0. The van der Waals surface area contributed by atoms with Gasteiger partial charge in [0.05, 0.1) is 26.0 Å². The third-order valence-corrected chi connectivity index (χ3v) is 6.22. The molecular weight excluding hydrogens is 432 g/mol. The number of rotatable bonds is 7. The first-order chi connectivity index (χ1) is 16.8. The number of ether oxygens (including phenoxy) is 3. The molecule has 0 amide bonds. The van der Waals surface area contributed by atoms with Gasteiger partial charge in [-0.1, -0.05) is 6.07 Å². The SMILES string of the molecule is COc1cccc(Oc2nccnc2[C@H]2CCCN(Cc3ccnc(N4CCOCC4)n3)C2)c1. The monoisotopic (exact) mass is 462 g/mol. The first-order valence-corrected chi connectivity index (χ1v) is 11.8. The molecule has 2 aliphatic rings. The van der Waals surface area contributed by atoms with E-state index in [0.717, 1.165) is 81.9 Å². The summed E-state index contributed by atoms with van der Waals surface area (Å²) < 4.78 is 16.9. The van der Waals surface area contributed by atoms with Crippen molar-refractivity contribution in [2.24, 2.45) is 0 Å². The highest BCUT2D eigenvalue weighted by Gasteiger charge is 2.26. The van der Waals surface area contributed by atoms with Gasteiger partial charge in [0.1, 0.15) is 17.2 Å². The predicted octanol–water partition coefficient (Wildman–Crippen LogP) is 3.28. The fourth-order valence-corrected chi connectivity index (χ4v) is 4.51. The summed E-state index contributed by atoms with van der Waals surface area (Å²) in [6.07, 6.45) is 7.41. The Hall–Kier alpha value is -3.30. The molecule has 178 valence electrons. The second-order valence-electron chi connectivity index (χ2n) is 8.55. The van der Waals surface area contributed by atoms with Gasteiger partial charge in [-0.2, -0.15) is 0 Å². The molecule has 2 aromatic heterocycles. The van der Waals surface area contributed by atoms with Crippen LogP contribution < -0.4 is 14.4 Å². The number of methoxy groups -OCH3 is 1. The van der Waals surface area contributed by atoms with Crippen LogP contribution in [0.5, 0.6) is 17.4 Å². The molecule has 0 bridgehead atoms. The number of hydrogen-bond acceptors (Lipinski definition) is 9. The van der Waals surface area contributed by atoms with E-state index in [-0.39, 0.29) is 5.92 Å². The summed E-state index contributed by atoms with van der Waals surface area (Å²) in [6.45, 7) is 5.79. The van der Waals surface area contributed by atoms with E-state index in [4.69, 9.17) is 19.2 Å². The van der Waals surface area contributed by atoms with E-state index in [1.165, 1.54) is 0 Å². The van der Waals surface area contributed by atoms with Crippen LogP contribution in [0.25, 0.3) is 0 Å². The van der Waals surface area contributed by atoms with Gasteiger partial charge in [0.25, 0.3) is 0 Å². The second-order valence-corrected chi connectivity index (χ2v) is 8.55. The minimum absolute atomic E-state index is 0.239. The van der Waals surface area contributed by atoms with Gasteiger partial charge in [0, 0.05) is 56.8 Å². The summed E-state index contributed by atoms with van der Waals surface area (Å²) in [5.74, 6) is 3.01. The molecule has 1 atom stereocenters. The lowest BCUT2D eigenvalue weighted by molar-refractivity contribution is 0.122. The standard InChI is InChI=1S/C25H30N6O3/c1-32-21-5-2-6-22(16-21)34-24-23(26-9-10-27-24)19-4-3-11-30(17-19)18-20-7-8-28-25(29-20)31-12-14-33-15-13-31/h2,5-10,16,19H,3-4,11-15,17-18H2,1H3/t19-/m0/s1. The maximum Gasteiger partial charge on any atom is 0.241 e. The summed E-state index contributed by atoms with van der Waals surface area (Å²) in [5.41, 5.74) is 1.93. The number of aromatic nitrogens is 4. The van der Waals surface area contributed by atoms with Gasteiger partial charge >= 0.3 is 0 Å². The Morgan fingerprint density at radius 1 is 1.00 bits per heavy atom. The van der Waals surface area contributed by atoms with E-state index in [1.54, 1.807) is 19.5 Å². The maximum absolute atomic E-state index is 6.13. The zero-order valence-corrected chi connectivity index (χ0v) is 19.5. The number of benzene rings is 1. The van der Waals surface area contributed by atoms with Gasteiger partial charge in [-0.3, -0.25) is 9.88 Å². The lowest BCUT2D eigenvalue weighted by Gasteiger charge is -2.32. The van der Waals surface area contributed by atoms with Crippen LogP contribution in [-0.2, 0) is 11.3 Å². The summed E-state index contributed by atoms with van der Waals surface area (Å²) in [7, 11) is 1.64. The van der Waals surface area contributed by atoms with E-state index in [9.17, 15) is 0 Å². The molecule has 34 heavy (non-hydrogen) atoms. The summed E-state index contributed by atoms with van der Waals surface area (Å²) in [6, 6.07) is 9.55. The van der Waals surface area contributed by atoms with Gasteiger partial charge in [0.2, 0.25) is 11.8 Å². The Balaban J connectivity index is 1.28. The van der Waals surface area contributed by atoms with Gasteiger partial charge in [-0.05, 0) is 37.6 Å². The zero-order chi connectivity index (χ0) is 23.2. The topological polar surface area (TPSA) is 85.7 Å². The lowest BCUT2D eigenvalue weighted by Crippen LogP contribution is -2.38. The van der Waals surface area contributed by atoms with Crippen LogP contribution in [0.2, 0.25) is 0 Å². The molecule has 5 rings (SSSR count). The van der Waals surface area contributed by atoms with E-state index < -0.39 is 0 Å². The van der Waals surface area contributed by atoms with Gasteiger partial charge < -0.3 is 19.1 Å². The number of nitrogens with zero attached hydrogens (tertiary/aromatic N) is 6. The Bertz CT molecular complexity index is 1090. The highest BCUT2D eigenvalue weighted by Crippen LogP contribution is 2.33. The van der Waals surface area contributed by atoms with Crippen molar-refractivity contribution in [3.8, 4) is 17.4 Å². The van der Waals surface area contributed by atoms with Crippen LogP contribution in [0.4, 0.5) is 5.95 Å². The fourth-order valence-electron chi connectivity index (χ4n) is 4.51. The molecule has 9 heteroatoms. The van der Waals surface area contributed by atoms with Crippen LogP contribution >= 0.6 is 0 Å². The first-order valence-electron chi connectivity index (χ1n) is 11.8. The molecule has 4 heterocycles. The minimum atomic E-state index is 0.239. The number of anilines is 1. The molecule has 3 aromatic rings. The average Bonchev–Trinajstić information content (AvgIpc) is 2.90. The summed E-state index contributed by atoms with van der Waals surface area (Å²) in [5, 5.41) is 0. The van der Waals surface area contributed by atoms with E-state index in [2.05, 4.69) is 24.8 Å². The summed E-state index contributed by atoms with van der Waals surface area (Å²) >= 11 is 0. The first kappa shape index (κ1) is 22.5. The third-order valence-electron chi connectivity index (χ3n) is 6.22. The Kier molecular flexibility index (Phi) is 7.11. The highest BCUT2D eigenvalue weighted by molar-refractivity contribution is 5.36. The van der Waals surface area contributed by atoms with Crippen molar-refractivity contribution in [1.82, 2.24) is 24.8 Å². The summed E-state index contributed by atoms with van der Waals surface area (Å²) in [4.78, 5) is 23.1. The van der Waals surface area contributed by atoms with Crippen molar-refractivity contribution < 1.29 is 14.2 Å². The van der Waals surface area contributed by atoms with Crippen LogP contribution in [0.1, 0.15) is 30.1 Å². The zero-order valence-electron chi connectivity index (χ0n) is 19.5. The van der Waals surface area contributed by atoms with Crippen molar-refractivity contribution in [2.45, 2.75) is 25.3 Å². The van der Waals surface area contributed by atoms with Crippen molar-refractivity contribution in [3.63, 3.8) is 0 Å². The van der Waals surface area contributed by atoms with E-state index >= 15 is 0 Å². The van der Waals surface area contributed by atoms with Gasteiger partial charge in [-0.15, -0.1) is 0 Å². The van der Waals surface area contributed by atoms with Crippen molar-refractivity contribution in [3.05, 3.63) is 60.3 Å². The van der Waals surface area contributed by atoms with E-state index in [1.807, 2.05) is 36.5 Å². The molecule has 0 radical (unpaired) electrons. The Morgan fingerprint density at radius 3 is 2.74 bits per heavy atom. The molecule has 0 saturated carbocycles. The van der Waals surface area contributed by atoms with E-state index in [0.29, 0.717) is 11.6 Å². The average molecular weight is 463 g/mol. The normalized spacial score (nSPS) is 19.1. The Morgan fingerprint density at radius 2 is 1.85 bits per heavy atom. The molecule has 0 spiro atoms. The van der Waals surface area contributed by atoms with Crippen molar-refractivity contribution in [1.29, 1.82) is 0 Å². The smallest absolute Gasteiger partial charge is 0.241 e. The largest absolute Gasteiger partial charge is 0.497 e. The van der Waals surface area contributed by atoms with Crippen LogP contribution in [0, 0.1) is 0 Å². The van der Waals surface area contributed by atoms with Gasteiger partial charge in [0.15, 0.2) is 0 Å². The molecular formula is C25H30N6O3. The predicted molar refractivity (Wildman–Crippen MR) is 127 cm³/mol. The molecule has 2 fully saturated rings. The molecule has 2 aliphatic heterocycles. The number of likely N-dealkylation sites (tertiary alicyclic amines) is 1. The fraction of sp³-hybridized carbons (Fsp3) is 0.440. The number of morpholine rings is 1. The van der Waals surface area contributed by atoms with Crippen LogP contribution in [-0.4, -0.2) is 71.3 Å².